The number of pyridine rings is 1. The summed E-state index contributed by atoms with van der Waals surface area (Å²) in [5, 5.41) is 5.30. The van der Waals surface area contributed by atoms with Crippen molar-refractivity contribution in [1.29, 1.82) is 0 Å². The summed E-state index contributed by atoms with van der Waals surface area (Å²) in [6.45, 7) is 4.26. The molecule has 2 heterocycles. The molecule has 1 fully saturated rings. The maximum atomic E-state index is 12.5. The van der Waals surface area contributed by atoms with E-state index >= 15 is 0 Å². The van der Waals surface area contributed by atoms with Crippen molar-refractivity contribution in [2.45, 2.75) is 26.3 Å². The van der Waals surface area contributed by atoms with Crippen LogP contribution in [0.5, 0.6) is 0 Å². The van der Waals surface area contributed by atoms with Crippen molar-refractivity contribution in [3.63, 3.8) is 0 Å². The third-order valence-electron chi connectivity index (χ3n) is 3.25. The molecule has 112 valence electrons. The minimum atomic E-state index is -0.671. The molecule has 1 atom stereocenters. The van der Waals surface area contributed by atoms with Crippen LogP contribution in [0.2, 0.25) is 0 Å². The molecule has 1 aliphatic heterocycles. The number of carbonyl (C=O) groups excluding carboxylic acids is 3. The van der Waals surface area contributed by atoms with Gasteiger partial charge in [0.1, 0.15) is 18.4 Å². The topological polar surface area (TPSA) is 91.4 Å². The zero-order valence-electron chi connectivity index (χ0n) is 12.0. The van der Waals surface area contributed by atoms with Gasteiger partial charge in [0.05, 0.1) is 0 Å². The standard InChI is InChI=1S/C14H18N4O3/c1-3-5-15-11-7-10(4-6-16-11)14(21)18-8-12(19)17-13(20)9(18)2/h4,6-7,9H,3,5,8H2,1-2H3,(H,15,16)(H,17,19,20). The fraction of sp³-hybridized carbons (Fsp3) is 0.429. The number of hydrogen-bond donors (Lipinski definition) is 2. The Morgan fingerprint density at radius 2 is 2.29 bits per heavy atom. The number of imide groups is 1. The molecule has 0 spiro atoms. The largest absolute Gasteiger partial charge is 0.370 e. The molecule has 2 rings (SSSR count). The van der Waals surface area contributed by atoms with Crippen LogP contribution in [0.1, 0.15) is 30.6 Å². The Hall–Kier alpha value is -2.44. The highest BCUT2D eigenvalue weighted by atomic mass is 16.2. The predicted molar refractivity (Wildman–Crippen MR) is 76.7 cm³/mol. The normalized spacial score (nSPS) is 18.4. The molecule has 7 heteroatoms. The molecule has 1 aromatic rings. The van der Waals surface area contributed by atoms with Crippen molar-refractivity contribution >= 4 is 23.5 Å². The predicted octanol–water partition coefficient (Wildman–Crippen LogP) is 0.391. The molecule has 0 radical (unpaired) electrons. The van der Waals surface area contributed by atoms with Gasteiger partial charge in [0, 0.05) is 18.3 Å². The van der Waals surface area contributed by atoms with Gasteiger partial charge in [-0.2, -0.15) is 0 Å². The Labute approximate surface area is 122 Å². The molecular formula is C14H18N4O3. The number of carbonyl (C=O) groups is 3. The smallest absolute Gasteiger partial charge is 0.255 e. The molecule has 0 aromatic carbocycles. The summed E-state index contributed by atoms with van der Waals surface area (Å²) in [7, 11) is 0. The monoisotopic (exact) mass is 290 g/mol. The van der Waals surface area contributed by atoms with E-state index in [0.717, 1.165) is 13.0 Å². The average Bonchev–Trinajstić information content (AvgIpc) is 2.48. The van der Waals surface area contributed by atoms with Crippen molar-refractivity contribution in [1.82, 2.24) is 15.2 Å². The molecule has 1 unspecified atom stereocenters. The summed E-state index contributed by atoms with van der Waals surface area (Å²) in [6, 6.07) is 2.53. The van der Waals surface area contributed by atoms with Crippen LogP contribution in [-0.4, -0.2) is 46.7 Å². The third kappa shape index (κ3) is 3.36. The molecule has 3 amide bonds. The lowest BCUT2D eigenvalue weighted by molar-refractivity contribution is -0.138. The first-order chi connectivity index (χ1) is 10.0. The highest BCUT2D eigenvalue weighted by molar-refractivity contribution is 6.07. The fourth-order valence-corrected chi connectivity index (χ4v) is 2.04. The first kappa shape index (κ1) is 15.0. The van der Waals surface area contributed by atoms with E-state index in [0.29, 0.717) is 11.4 Å². The molecule has 1 aromatic heterocycles. The van der Waals surface area contributed by atoms with Gasteiger partial charge in [-0.1, -0.05) is 6.92 Å². The zero-order chi connectivity index (χ0) is 15.4. The Morgan fingerprint density at radius 3 is 3.00 bits per heavy atom. The Kier molecular flexibility index (Phi) is 4.52. The lowest BCUT2D eigenvalue weighted by atomic mass is 10.1. The van der Waals surface area contributed by atoms with E-state index in [1.165, 1.54) is 11.1 Å². The van der Waals surface area contributed by atoms with Crippen molar-refractivity contribution in [3.8, 4) is 0 Å². The molecule has 0 bridgehead atoms. The lowest BCUT2D eigenvalue weighted by Gasteiger charge is -2.31. The first-order valence-electron chi connectivity index (χ1n) is 6.87. The van der Waals surface area contributed by atoms with E-state index in [2.05, 4.69) is 15.6 Å². The van der Waals surface area contributed by atoms with Crippen LogP contribution in [0.15, 0.2) is 18.3 Å². The second-order valence-corrected chi connectivity index (χ2v) is 4.88. The van der Waals surface area contributed by atoms with Gasteiger partial charge in [-0.05, 0) is 25.5 Å². The molecule has 2 N–H and O–H groups in total. The molecule has 21 heavy (non-hydrogen) atoms. The van der Waals surface area contributed by atoms with Gasteiger partial charge in [-0.3, -0.25) is 19.7 Å². The third-order valence-corrected chi connectivity index (χ3v) is 3.25. The summed E-state index contributed by atoms with van der Waals surface area (Å²) < 4.78 is 0. The van der Waals surface area contributed by atoms with Crippen molar-refractivity contribution in [2.75, 3.05) is 18.4 Å². The Balaban J connectivity index is 2.18. The highest BCUT2D eigenvalue weighted by Gasteiger charge is 2.34. The van der Waals surface area contributed by atoms with Crippen molar-refractivity contribution < 1.29 is 14.4 Å². The number of piperazine rings is 1. The second kappa shape index (κ2) is 6.34. The number of aromatic nitrogens is 1. The van der Waals surface area contributed by atoms with Crippen molar-refractivity contribution in [2.24, 2.45) is 0 Å². The molecule has 1 saturated heterocycles. The maximum absolute atomic E-state index is 12.5. The van der Waals surface area contributed by atoms with Gasteiger partial charge >= 0.3 is 0 Å². The van der Waals surface area contributed by atoms with Crippen LogP contribution in [0.4, 0.5) is 5.82 Å². The Bertz CT molecular complexity index is 573. The van der Waals surface area contributed by atoms with E-state index in [1.54, 1.807) is 19.1 Å². The molecule has 0 saturated carbocycles. The minimum absolute atomic E-state index is 0.119. The summed E-state index contributed by atoms with van der Waals surface area (Å²) in [6.07, 6.45) is 2.47. The summed E-state index contributed by atoms with van der Waals surface area (Å²) in [4.78, 5) is 40.9. The molecule has 0 aliphatic carbocycles. The zero-order valence-corrected chi connectivity index (χ0v) is 12.0. The number of amides is 3. The second-order valence-electron chi connectivity index (χ2n) is 4.88. The van der Waals surface area contributed by atoms with E-state index in [4.69, 9.17) is 0 Å². The summed E-state index contributed by atoms with van der Waals surface area (Å²) in [5.41, 5.74) is 0.401. The van der Waals surface area contributed by atoms with Crippen LogP contribution in [-0.2, 0) is 9.59 Å². The van der Waals surface area contributed by atoms with E-state index in [1.807, 2.05) is 6.92 Å². The number of nitrogens with one attached hydrogen (secondary N) is 2. The van der Waals surface area contributed by atoms with Crippen LogP contribution in [0, 0.1) is 0 Å². The van der Waals surface area contributed by atoms with Crippen LogP contribution >= 0.6 is 0 Å². The fourth-order valence-electron chi connectivity index (χ4n) is 2.04. The van der Waals surface area contributed by atoms with Gasteiger partial charge in [0.15, 0.2) is 0 Å². The minimum Gasteiger partial charge on any atom is -0.370 e. The SMILES string of the molecule is CCCNc1cc(C(=O)N2CC(=O)NC(=O)C2C)ccn1. The number of anilines is 1. The van der Waals surface area contributed by atoms with E-state index < -0.39 is 17.9 Å². The average molecular weight is 290 g/mol. The maximum Gasteiger partial charge on any atom is 0.255 e. The molecule has 7 nitrogen and oxygen atoms in total. The van der Waals surface area contributed by atoms with Gasteiger partial charge in [0.2, 0.25) is 11.8 Å². The Morgan fingerprint density at radius 1 is 1.52 bits per heavy atom. The van der Waals surface area contributed by atoms with Gasteiger partial charge in [-0.15, -0.1) is 0 Å². The number of rotatable bonds is 4. The van der Waals surface area contributed by atoms with Gasteiger partial charge < -0.3 is 10.2 Å². The first-order valence-corrected chi connectivity index (χ1v) is 6.87. The van der Waals surface area contributed by atoms with Crippen LogP contribution in [0.25, 0.3) is 0 Å². The van der Waals surface area contributed by atoms with Gasteiger partial charge in [-0.25, -0.2) is 4.98 Å². The van der Waals surface area contributed by atoms with Gasteiger partial charge in [0.25, 0.3) is 5.91 Å². The van der Waals surface area contributed by atoms with Crippen LogP contribution < -0.4 is 10.6 Å². The van der Waals surface area contributed by atoms with Crippen molar-refractivity contribution in [3.05, 3.63) is 23.9 Å². The summed E-state index contributed by atoms with van der Waals surface area (Å²) >= 11 is 0. The molecule has 1 aliphatic rings. The number of nitrogens with zero attached hydrogens (tertiary/aromatic N) is 2. The molecular weight excluding hydrogens is 272 g/mol. The summed E-state index contributed by atoms with van der Waals surface area (Å²) in [5.74, 6) is -0.682. The lowest BCUT2D eigenvalue weighted by Crippen LogP contribution is -2.58. The van der Waals surface area contributed by atoms with E-state index in [9.17, 15) is 14.4 Å². The number of hydrogen-bond acceptors (Lipinski definition) is 5. The highest BCUT2D eigenvalue weighted by Crippen LogP contribution is 2.14. The van der Waals surface area contributed by atoms with E-state index in [-0.39, 0.29) is 12.5 Å². The quantitative estimate of drug-likeness (QED) is 0.783. The van der Waals surface area contributed by atoms with Crippen LogP contribution in [0.3, 0.4) is 0 Å².